The molecule has 1 amide bonds. The first-order chi connectivity index (χ1) is 11.6. The summed E-state index contributed by atoms with van der Waals surface area (Å²) in [6.45, 7) is 3.05. The number of benzene rings is 1. The van der Waals surface area contributed by atoms with Gasteiger partial charge in [0.25, 0.3) is 5.56 Å². The number of nitrogens with one attached hydrogen (secondary N) is 1. The molecular weight excluding hydrogens is 306 g/mol. The summed E-state index contributed by atoms with van der Waals surface area (Å²) in [5, 5.41) is 0. The van der Waals surface area contributed by atoms with Crippen molar-refractivity contribution in [1.29, 1.82) is 0 Å². The normalized spacial score (nSPS) is 18.0. The quantitative estimate of drug-likeness (QED) is 0.872. The lowest BCUT2D eigenvalue weighted by atomic mass is 10.2. The van der Waals surface area contributed by atoms with Gasteiger partial charge in [-0.3, -0.25) is 9.59 Å². The number of morpholine rings is 1. The molecule has 6 nitrogen and oxygen atoms in total. The Balaban J connectivity index is 1.70. The van der Waals surface area contributed by atoms with Gasteiger partial charge in [0.1, 0.15) is 11.9 Å². The van der Waals surface area contributed by atoms with Crippen molar-refractivity contribution in [3.8, 4) is 0 Å². The third kappa shape index (κ3) is 3.97. The molecule has 0 radical (unpaired) electrons. The Kier molecular flexibility index (Phi) is 4.86. The van der Waals surface area contributed by atoms with E-state index in [2.05, 4.69) is 9.97 Å². The topological polar surface area (TPSA) is 75.3 Å². The van der Waals surface area contributed by atoms with Crippen LogP contribution in [-0.4, -0.2) is 40.5 Å². The van der Waals surface area contributed by atoms with Gasteiger partial charge in [-0.25, -0.2) is 4.98 Å². The number of carbonyl (C=O) groups is 1. The van der Waals surface area contributed by atoms with Crippen LogP contribution in [0.1, 0.15) is 23.2 Å². The highest BCUT2D eigenvalue weighted by atomic mass is 16.5. The molecule has 2 heterocycles. The van der Waals surface area contributed by atoms with Crippen molar-refractivity contribution in [3.63, 3.8) is 0 Å². The molecule has 1 aliphatic heterocycles. The third-order valence-electron chi connectivity index (χ3n) is 3.79. The Hall–Kier alpha value is -2.73. The van der Waals surface area contributed by atoms with Crippen molar-refractivity contribution >= 4 is 12.0 Å². The molecule has 24 heavy (non-hydrogen) atoms. The van der Waals surface area contributed by atoms with E-state index in [1.165, 1.54) is 6.07 Å². The van der Waals surface area contributed by atoms with Gasteiger partial charge in [-0.15, -0.1) is 0 Å². The van der Waals surface area contributed by atoms with Crippen molar-refractivity contribution in [3.05, 3.63) is 69.9 Å². The molecule has 0 bridgehead atoms. The minimum absolute atomic E-state index is 0.0813. The largest absolute Gasteiger partial charge is 0.367 e. The molecule has 1 aromatic carbocycles. The van der Waals surface area contributed by atoms with E-state index in [4.69, 9.17) is 4.74 Å². The van der Waals surface area contributed by atoms with Crippen LogP contribution in [0.3, 0.4) is 0 Å². The van der Waals surface area contributed by atoms with Crippen molar-refractivity contribution in [1.82, 2.24) is 14.9 Å². The summed E-state index contributed by atoms with van der Waals surface area (Å²) < 4.78 is 5.67. The minimum atomic E-state index is -0.416. The van der Waals surface area contributed by atoms with Crippen LogP contribution in [0.25, 0.3) is 6.08 Å². The first kappa shape index (κ1) is 16.1. The van der Waals surface area contributed by atoms with Crippen LogP contribution in [0.2, 0.25) is 0 Å². The highest BCUT2D eigenvalue weighted by molar-refractivity contribution is 5.91. The molecule has 0 spiro atoms. The van der Waals surface area contributed by atoms with Gasteiger partial charge in [0.2, 0.25) is 5.91 Å². The molecule has 1 N–H and O–H groups in total. The Morgan fingerprint density at radius 2 is 2.17 bits per heavy atom. The lowest BCUT2D eigenvalue weighted by molar-refractivity contribution is -0.134. The zero-order valence-electron chi connectivity index (χ0n) is 13.4. The second-order valence-electron chi connectivity index (χ2n) is 5.66. The lowest BCUT2D eigenvalue weighted by Gasteiger charge is -2.31. The molecular formula is C18H19N3O3. The zero-order chi connectivity index (χ0) is 16.9. The fourth-order valence-corrected chi connectivity index (χ4v) is 2.61. The highest BCUT2D eigenvalue weighted by Crippen LogP contribution is 2.19. The van der Waals surface area contributed by atoms with Crippen molar-refractivity contribution < 1.29 is 9.53 Å². The molecule has 2 aromatic rings. The van der Waals surface area contributed by atoms with Gasteiger partial charge < -0.3 is 14.6 Å². The molecule has 6 heteroatoms. The van der Waals surface area contributed by atoms with E-state index in [1.54, 1.807) is 24.0 Å². The van der Waals surface area contributed by atoms with E-state index in [0.29, 0.717) is 31.2 Å². The van der Waals surface area contributed by atoms with Crippen molar-refractivity contribution in [2.24, 2.45) is 0 Å². The molecule has 0 unspecified atom stereocenters. The van der Waals surface area contributed by atoms with Gasteiger partial charge in [-0.1, -0.05) is 30.3 Å². The number of aryl methyl sites for hydroxylation is 1. The predicted molar refractivity (Wildman–Crippen MR) is 90.3 cm³/mol. The van der Waals surface area contributed by atoms with Crippen molar-refractivity contribution in [2.75, 3.05) is 19.7 Å². The van der Waals surface area contributed by atoms with Gasteiger partial charge in [0, 0.05) is 24.4 Å². The molecule has 1 atom stereocenters. The summed E-state index contributed by atoms with van der Waals surface area (Å²) >= 11 is 0. The number of rotatable bonds is 3. The Morgan fingerprint density at radius 3 is 2.92 bits per heavy atom. The van der Waals surface area contributed by atoms with Crippen LogP contribution < -0.4 is 5.56 Å². The predicted octanol–water partition coefficient (Wildman–Crippen LogP) is 1.69. The number of aromatic amines is 1. The summed E-state index contributed by atoms with van der Waals surface area (Å²) in [4.78, 5) is 32.7. The van der Waals surface area contributed by atoms with E-state index in [1.807, 2.05) is 30.3 Å². The molecule has 3 rings (SSSR count). The van der Waals surface area contributed by atoms with Crippen LogP contribution >= 0.6 is 0 Å². The van der Waals surface area contributed by atoms with Gasteiger partial charge in [-0.2, -0.15) is 0 Å². The maximum absolute atomic E-state index is 12.4. The second-order valence-corrected chi connectivity index (χ2v) is 5.66. The molecule has 1 aliphatic rings. The zero-order valence-corrected chi connectivity index (χ0v) is 13.4. The van der Waals surface area contributed by atoms with E-state index in [9.17, 15) is 9.59 Å². The Bertz CT molecular complexity index is 799. The fourth-order valence-electron chi connectivity index (χ4n) is 2.61. The summed E-state index contributed by atoms with van der Waals surface area (Å²) in [5.41, 5.74) is 1.39. The van der Waals surface area contributed by atoms with Gasteiger partial charge in [0.05, 0.1) is 13.2 Å². The lowest BCUT2D eigenvalue weighted by Crippen LogP contribution is -2.42. The molecule has 1 aromatic heterocycles. The summed E-state index contributed by atoms with van der Waals surface area (Å²) in [6, 6.07) is 11.1. The smallest absolute Gasteiger partial charge is 0.251 e. The van der Waals surface area contributed by atoms with E-state index >= 15 is 0 Å². The molecule has 0 saturated carbocycles. The number of hydrogen-bond acceptors (Lipinski definition) is 4. The van der Waals surface area contributed by atoms with E-state index in [0.717, 1.165) is 5.56 Å². The van der Waals surface area contributed by atoms with E-state index in [-0.39, 0.29) is 11.5 Å². The number of hydrogen-bond donors (Lipinski definition) is 1. The highest BCUT2D eigenvalue weighted by Gasteiger charge is 2.26. The number of carbonyl (C=O) groups excluding carboxylic acids is 1. The number of nitrogens with zero attached hydrogens (tertiary/aromatic N) is 2. The average Bonchev–Trinajstić information content (AvgIpc) is 2.60. The number of amides is 1. The standard InChI is InChI=1S/C18H19N3O3/c1-13-11-16(22)20-18(19-13)15-12-21(9-10-24-15)17(23)8-7-14-5-3-2-4-6-14/h2-8,11,15H,9-10,12H2,1H3,(H,19,20,22)/b8-7+/t15-/m1/s1. The monoisotopic (exact) mass is 325 g/mol. The summed E-state index contributed by atoms with van der Waals surface area (Å²) in [5.74, 6) is 0.381. The maximum Gasteiger partial charge on any atom is 0.251 e. The van der Waals surface area contributed by atoms with Crippen LogP contribution in [0.5, 0.6) is 0 Å². The van der Waals surface area contributed by atoms with Crippen molar-refractivity contribution in [2.45, 2.75) is 13.0 Å². The van der Waals surface area contributed by atoms with E-state index < -0.39 is 6.10 Å². The SMILES string of the molecule is Cc1cc(=O)[nH]c([C@H]2CN(C(=O)/C=C/c3ccccc3)CCO2)n1. The Labute approximate surface area is 139 Å². The van der Waals surface area contributed by atoms with Gasteiger partial charge >= 0.3 is 0 Å². The number of H-pyrrole nitrogens is 1. The third-order valence-corrected chi connectivity index (χ3v) is 3.79. The molecule has 1 fully saturated rings. The first-order valence-corrected chi connectivity index (χ1v) is 7.83. The summed E-state index contributed by atoms with van der Waals surface area (Å²) in [6.07, 6.45) is 2.93. The first-order valence-electron chi connectivity index (χ1n) is 7.83. The minimum Gasteiger partial charge on any atom is -0.367 e. The summed E-state index contributed by atoms with van der Waals surface area (Å²) in [7, 11) is 0. The molecule has 0 aliphatic carbocycles. The maximum atomic E-state index is 12.4. The van der Waals surface area contributed by atoms with Gasteiger partial charge in [-0.05, 0) is 18.6 Å². The number of ether oxygens (including phenoxy) is 1. The number of aromatic nitrogens is 2. The van der Waals surface area contributed by atoms with Crippen LogP contribution in [-0.2, 0) is 9.53 Å². The van der Waals surface area contributed by atoms with Gasteiger partial charge in [0.15, 0.2) is 0 Å². The molecule has 1 saturated heterocycles. The molecule has 124 valence electrons. The van der Waals surface area contributed by atoms with Crippen LogP contribution in [0, 0.1) is 6.92 Å². The second kappa shape index (κ2) is 7.23. The van der Waals surface area contributed by atoms with Crippen LogP contribution in [0.15, 0.2) is 47.3 Å². The Morgan fingerprint density at radius 1 is 1.38 bits per heavy atom. The fraction of sp³-hybridized carbons (Fsp3) is 0.278. The van der Waals surface area contributed by atoms with Crippen LogP contribution in [0.4, 0.5) is 0 Å². The average molecular weight is 325 g/mol.